The Morgan fingerprint density at radius 3 is 2.83 bits per heavy atom. The monoisotopic (exact) mass is 302 g/mol. The molecule has 2 aromatic rings. The van der Waals surface area contributed by atoms with E-state index < -0.39 is 0 Å². The molecule has 0 aliphatic carbocycles. The number of nitrogens with one attached hydrogen (secondary N) is 1. The average Bonchev–Trinajstić information content (AvgIpc) is 2.37. The molecule has 0 amide bonds. The number of nitrogens with two attached hydrogens (primary N) is 1. The van der Waals surface area contributed by atoms with Crippen LogP contribution in [0, 0.1) is 18.3 Å². The molecule has 0 aliphatic rings. The van der Waals surface area contributed by atoms with Crippen LogP contribution in [-0.4, -0.2) is 4.98 Å². The van der Waals surface area contributed by atoms with Crippen LogP contribution in [0.15, 0.2) is 34.8 Å². The quantitative estimate of drug-likeness (QED) is 0.892. The molecule has 2 rings (SSSR count). The van der Waals surface area contributed by atoms with Crippen molar-refractivity contribution in [3.63, 3.8) is 0 Å². The number of nitriles is 1. The summed E-state index contributed by atoms with van der Waals surface area (Å²) in [4.78, 5) is 4.14. The molecule has 3 N–H and O–H groups in total. The smallest absolute Gasteiger partial charge is 0.165 e. The van der Waals surface area contributed by atoms with Crippen LogP contribution >= 0.6 is 15.9 Å². The lowest BCUT2D eigenvalue weighted by Crippen LogP contribution is -1.99. The summed E-state index contributed by atoms with van der Waals surface area (Å²) in [5.41, 5.74) is 8.25. The van der Waals surface area contributed by atoms with E-state index >= 15 is 0 Å². The summed E-state index contributed by atoms with van der Waals surface area (Å²) in [6, 6.07) is 11.3. The van der Waals surface area contributed by atoms with E-state index in [1.54, 1.807) is 12.1 Å². The topological polar surface area (TPSA) is 74.7 Å². The Bertz CT molecular complexity index is 631. The molecule has 0 atom stereocenters. The van der Waals surface area contributed by atoms with Crippen LogP contribution in [0.2, 0.25) is 0 Å². The van der Waals surface area contributed by atoms with Crippen molar-refractivity contribution in [3.8, 4) is 6.07 Å². The Morgan fingerprint density at radius 1 is 1.33 bits per heavy atom. The number of anilines is 3. The highest BCUT2D eigenvalue weighted by Crippen LogP contribution is 2.28. The lowest BCUT2D eigenvalue weighted by Gasteiger charge is -2.10. The predicted octanol–water partition coefficient (Wildman–Crippen LogP) is 3.35. The van der Waals surface area contributed by atoms with Crippen molar-refractivity contribution < 1.29 is 0 Å². The van der Waals surface area contributed by atoms with Crippen molar-refractivity contribution in [2.24, 2.45) is 0 Å². The minimum atomic E-state index is 0.226. The maximum atomic E-state index is 8.88. The standard InChI is InChI=1S/C13H11BrN4/c1-8-3-2-4-10(13(8)14)17-12-6-5-9(16)11(7-15)18-12/h2-6H,16H2,1H3,(H,17,18). The second kappa shape index (κ2) is 5.07. The first-order chi connectivity index (χ1) is 8.61. The van der Waals surface area contributed by atoms with Gasteiger partial charge in [0.25, 0.3) is 0 Å². The summed E-state index contributed by atoms with van der Waals surface area (Å²) in [6.07, 6.45) is 0. The van der Waals surface area contributed by atoms with E-state index in [0.717, 1.165) is 15.7 Å². The van der Waals surface area contributed by atoms with Crippen molar-refractivity contribution >= 4 is 33.1 Å². The number of hydrogen-bond donors (Lipinski definition) is 2. The Kier molecular flexibility index (Phi) is 3.49. The molecule has 0 radical (unpaired) electrons. The molecule has 18 heavy (non-hydrogen) atoms. The van der Waals surface area contributed by atoms with Gasteiger partial charge in [0.2, 0.25) is 0 Å². The molecule has 4 nitrogen and oxygen atoms in total. The van der Waals surface area contributed by atoms with Crippen LogP contribution in [0.3, 0.4) is 0 Å². The fourth-order valence-corrected chi connectivity index (χ4v) is 1.87. The number of nitrogen functional groups attached to an aromatic ring is 1. The van der Waals surface area contributed by atoms with Crippen LogP contribution < -0.4 is 11.1 Å². The number of halogens is 1. The van der Waals surface area contributed by atoms with Crippen molar-refractivity contribution in [2.75, 3.05) is 11.1 Å². The average molecular weight is 303 g/mol. The van der Waals surface area contributed by atoms with Crippen LogP contribution in [0.25, 0.3) is 0 Å². The predicted molar refractivity (Wildman–Crippen MR) is 75.5 cm³/mol. The Balaban J connectivity index is 2.35. The van der Waals surface area contributed by atoms with E-state index in [9.17, 15) is 0 Å². The zero-order chi connectivity index (χ0) is 13.1. The third-order valence-electron chi connectivity index (χ3n) is 2.49. The van der Waals surface area contributed by atoms with E-state index in [-0.39, 0.29) is 5.69 Å². The van der Waals surface area contributed by atoms with Gasteiger partial charge in [0.05, 0.1) is 11.4 Å². The number of pyridine rings is 1. The molecule has 1 aromatic carbocycles. The number of nitrogens with zero attached hydrogens (tertiary/aromatic N) is 2. The summed E-state index contributed by atoms with van der Waals surface area (Å²) in [5.74, 6) is 0.590. The summed E-state index contributed by atoms with van der Waals surface area (Å²) in [7, 11) is 0. The zero-order valence-electron chi connectivity index (χ0n) is 9.74. The summed E-state index contributed by atoms with van der Waals surface area (Å²) in [6.45, 7) is 2.01. The third-order valence-corrected chi connectivity index (χ3v) is 3.54. The first kappa shape index (κ1) is 12.4. The molecule has 0 spiro atoms. The molecular weight excluding hydrogens is 292 g/mol. The molecule has 0 unspecified atom stereocenters. The van der Waals surface area contributed by atoms with E-state index in [1.807, 2.05) is 31.2 Å². The van der Waals surface area contributed by atoms with E-state index in [0.29, 0.717) is 11.5 Å². The molecule has 0 bridgehead atoms. The van der Waals surface area contributed by atoms with Gasteiger partial charge in [-0.3, -0.25) is 0 Å². The van der Waals surface area contributed by atoms with E-state index in [4.69, 9.17) is 11.0 Å². The van der Waals surface area contributed by atoms with Gasteiger partial charge in [-0.25, -0.2) is 4.98 Å². The molecule has 0 saturated carbocycles. The van der Waals surface area contributed by atoms with Crippen LogP contribution in [0.5, 0.6) is 0 Å². The Labute approximate surface area is 114 Å². The largest absolute Gasteiger partial charge is 0.396 e. The first-order valence-corrected chi connectivity index (χ1v) is 6.10. The van der Waals surface area contributed by atoms with Crippen LogP contribution in [0.1, 0.15) is 11.3 Å². The molecule has 0 aliphatic heterocycles. The van der Waals surface area contributed by atoms with Gasteiger partial charge >= 0.3 is 0 Å². The van der Waals surface area contributed by atoms with Crippen LogP contribution in [0.4, 0.5) is 17.2 Å². The third kappa shape index (κ3) is 2.44. The van der Waals surface area contributed by atoms with Gasteiger partial charge < -0.3 is 11.1 Å². The fraction of sp³-hybridized carbons (Fsp3) is 0.0769. The lowest BCUT2D eigenvalue weighted by molar-refractivity contribution is 1.25. The van der Waals surface area contributed by atoms with E-state index in [2.05, 4.69) is 26.2 Å². The number of benzene rings is 1. The van der Waals surface area contributed by atoms with Gasteiger partial charge in [0.15, 0.2) is 5.69 Å². The minimum absolute atomic E-state index is 0.226. The highest BCUT2D eigenvalue weighted by Gasteiger charge is 2.05. The number of rotatable bonds is 2. The molecular formula is C13H11BrN4. The maximum Gasteiger partial charge on any atom is 0.165 e. The van der Waals surface area contributed by atoms with Gasteiger partial charge in [-0.2, -0.15) is 5.26 Å². The number of aromatic nitrogens is 1. The van der Waals surface area contributed by atoms with Gasteiger partial charge in [-0.15, -0.1) is 0 Å². The molecule has 0 fully saturated rings. The Morgan fingerprint density at radius 2 is 2.11 bits per heavy atom. The normalized spacial score (nSPS) is 9.83. The summed E-state index contributed by atoms with van der Waals surface area (Å²) in [5, 5.41) is 12.0. The minimum Gasteiger partial charge on any atom is -0.396 e. The molecule has 0 saturated heterocycles. The van der Waals surface area contributed by atoms with Crippen LogP contribution in [-0.2, 0) is 0 Å². The molecule has 1 aromatic heterocycles. The fourth-order valence-electron chi connectivity index (χ4n) is 1.51. The second-order valence-corrected chi connectivity index (χ2v) is 4.60. The zero-order valence-corrected chi connectivity index (χ0v) is 11.3. The first-order valence-electron chi connectivity index (χ1n) is 5.30. The van der Waals surface area contributed by atoms with E-state index in [1.165, 1.54) is 0 Å². The highest BCUT2D eigenvalue weighted by molar-refractivity contribution is 9.10. The van der Waals surface area contributed by atoms with Crippen molar-refractivity contribution in [1.82, 2.24) is 4.98 Å². The van der Waals surface area contributed by atoms with Crippen molar-refractivity contribution in [3.05, 3.63) is 46.1 Å². The maximum absolute atomic E-state index is 8.88. The van der Waals surface area contributed by atoms with Gasteiger partial charge in [0.1, 0.15) is 11.9 Å². The molecule has 90 valence electrons. The summed E-state index contributed by atoms with van der Waals surface area (Å²) < 4.78 is 0.974. The lowest BCUT2D eigenvalue weighted by atomic mass is 10.2. The van der Waals surface area contributed by atoms with Gasteiger partial charge in [-0.05, 0) is 46.6 Å². The summed E-state index contributed by atoms with van der Waals surface area (Å²) >= 11 is 3.51. The molecule has 1 heterocycles. The second-order valence-electron chi connectivity index (χ2n) is 3.81. The van der Waals surface area contributed by atoms with Gasteiger partial charge in [-0.1, -0.05) is 12.1 Å². The molecule has 5 heteroatoms. The SMILES string of the molecule is Cc1cccc(Nc2ccc(N)c(C#N)n2)c1Br. The van der Waals surface area contributed by atoms with Gasteiger partial charge in [0, 0.05) is 4.47 Å². The Hall–Kier alpha value is -2.06. The highest BCUT2D eigenvalue weighted by atomic mass is 79.9. The van der Waals surface area contributed by atoms with Crippen molar-refractivity contribution in [2.45, 2.75) is 6.92 Å². The number of hydrogen-bond acceptors (Lipinski definition) is 4. The van der Waals surface area contributed by atoms with Crippen molar-refractivity contribution in [1.29, 1.82) is 5.26 Å². The number of aryl methyl sites for hydroxylation is 1.